The van der Waals surface area contributed by atoms with Crippen LogP contribution in [0.25, 0.3) is 12.2 Å². The first-order valence-electron chi connectivity index (χ1n) is 13.9. The Morgan fingerprint density at radius 1 is 0.889 bits per heavy atom. The fraction of sp³-hybridized carbons (Fsp3) is 0.548. The molecule has 0 spiro atoms. The Morgan fingerprint density at radius 3 is 2.06 bits per heavy atom. The van der Waals surface area contributed by atoms with E-state index < -0.39 is 0 Å². The second kappa shape index (κ2) is 17.6. The molecule has 0 amide bonds. The number of ether oxygens (including phenoxy) is 1. The van der Waals surface area contributed by atoms with Crippen LogP contribution in [0.3, 0.4) is 0 Å². The molecule has 0 aliphatic carbocycles. The van der Waals surface area contributed by atoms with Crippen molar-refractivity contribution in [2.24, 2.45) is 0 Å². The molecule has 5 nitrogen and oxygen atoms in total. The van der Waals surface area contributed by atoms with Crippen LogP contribution < -0.4 is 26.6 Å². The number of H-pyrrole nitrogens is 1. The summed E-state index contributed by atoms with van der Waals surface area (Å²) in [5.74, 6) is 0.646. The number of para-hydroxylation sites is 1. The largest absolute Gasteiger partial charge is 0.496 e. The molecule has 0 saturated heterocycles. The molecule has 0 radical (unpaired) electrons. The van der Waals surface area contributed by atoms with Crippen LogP contribution in [0.5, 0.6) is 5.75 Å². The van der Waals surface area contributed by atoms with Crippen molar-refractivity contribution in [3.63, 3.8) is 0 Å². The van der Waals surface area contributed by atoms with Crippen LogP contribution in [-0.4, -0.2) is 16.7 Å². The van der Waals surface area contributed by atoms with Crippen LogP contribution >= 0.6 is 0 Å². The summed E-state index contributed by atoms with van der Waals surface area (Å²) in [6.07, 6.45) is 23.0. The van der Waals surface area contributed by atoms with Crippen molar-refractivity contribution in [2.45, 2.75) is 103 Å². The van der Waals surface area contributed by atoms with Crippen LogP contribution in [0.15, 0.2) is 46.5 Å². The summed E-state index contributed by atoms with van der Waals surface area (Å²) < 4.78 is 6.87. The van der Waals surface area contributed by atoms with Crippen LogP contribution in [0.4, 0.5) is 0 Å². The second-order valence-electron chi connectivity index (χ2n) is 9.58. The Morgan fingerprint density at radius 2 is 1.47 bits per heavy atom. The molecule has 0 atom stereocenters. The minimum atomic E-state index is -0.293. The van der Waals surface area contributed by atoms with Crippen LogP contribution in [0, 0.1) is 0 Å². The summed E-state index contributed by atoms with van der Waals surface area (Å²) >= 11 is 0. The maximum Gasteiger partial charge on any atom is 0.274 e. The molecule has 0 aliphatic heterocycles. The van der Waals surface area contributed by atoms with Crippen molar-refractivity contribution in [1.82, 2.24) is 9.55 Å². The molecule has 5 heteroatoms. The molecule has 0 unspecified atom stereocenters. The number of benzene rings is 1. The van der Waals surface area contributed by atoms with E-state index in [-0.39, 0.29) is 17.7 Å². The highest BCUT2D eigenvalue weighted by Gasteiger charge is 2.06. The van der Waals surface area contributed by atoms with Gasteiger partial charge in [-0.3, -0.25) is 14.2 Å². The van der Waals surface area contributed by atoms with Gasteiger partial charge in [0.25, 0.3) is 11.1 Å². The molecule has 1 N–H and O–H groups in total. The average Bonchev–Trinajstić information content (AvgIpc) is 2.89. The fourth-order valence-electron chi connectivity index (χ4n) is 4.55. The lowest BCUT2D eigenvalue weighted by molar-refractivity contribution is 0.414. The first-order valence-corrected chi connectivity index (χ1v) is 13.9. The third-order valence-corrected chi connectivity index (χ3v) is 6.65. The van der Waals surface area contributed by atoms with Crippen molar-refractivity contribution >= 4 is 12.2 Å². The number of unbranched alkanes of at least 4 members (excludes halogenated alkanes) is 13. The average molecular weight is 495 g/mol. The third kappa shape index (κ3) is 10.0. The zero-order valence-corrected chi connectivity index (χ0v) is 22.5. The highest BCUT2D eigenvalue weighted by Crippen LogP contribution is 2.17. The minimum Gasteiger partial charge on any atom is -0.496 e. The van der Waals surface area contributed by atoms with E-state index >= 15 is 0 Å². The van der Waals surface area contributed by atoms with Gasteiger partial charge in [0, 0.05) is 12.1 Å². The van der Waals surface area contributed by atoms with E-state index in [4.69, 9.17) is 4.74 Å². The molecule has 1 heterocycles. The zero-order valence-electron chi connectivity index (χ0n) is 22.5. The van der Waals surface area contributed by atoms with Crippen molar-refractivity contribution < 1.29 is 4.74 Å². The Kier molecular flexibility index (Phi) is 14.4. The van der Waals surface area contributed by atoms with Gasteiger partial charge in [0.15, 0.2) is 0 Å². The molecular formula is C31H46N2O3. The van der Waals surface area contributed by atoms with Crippen molar-refractivity contribution in [3.8, 4) is 5.75 Å². The molecule has 2 aromatic rings. The maximum atomic E-state index is 13.1. The SMILES string of the molecule is C=CCn1c(=O)/c(=C/CCCCCCCCCCCCCCC)[nH]c(=O)/c1=C/c1ccccc1OC. The number of allylic oxidation sites excluding steroid dienone is 1. The normalized spacial score (nSPS) is 12.3. The number of methoxy groups -OCH3 is 1. The van der Waals surface area contributed by atoms with E-state index in [0.717, 1.165) is 24.8 Å². The highest BCUT2D eigenvalue weighted by atomic mass is 16.5. The van der Waals surface area contributed by atoms with E-state index in [1.54, 1.807) is 19.3 Å². The van der Waals surface area contributed by atoms with Gasteiger partial charge in [-0.05, 0) is 25.0 Å². The molecular weight excluding hydrogens is 448 g/mol. The predicted molar refractivity (Wildman–Crippen MR) is 152 cm³/mol. The van der Waals surface area contributed by atoms with Gasteiger partial charge in [-0.15, -0.1) is 6.58 Å². The van der Waals surface area contributed by atoms with Crippen LogP contribution in [-0.2, 0) is 6.54 Å². The molecule has 36 heavy (non-hydrogen) atoms. The molecule has 1 aromatic heterocycles. The monoisotopic (exact) mass is 494 g/mol. The summed E-state index contributed by atoms with van der Waals surface area (Å²) in [6, 6.07) is 7.42. The van der Waals surface area contributed by atoms with Crippen LogP contribution in [0.2, 0.25) is 0 Å². The van der Waals surface area contributed by atoms with Gasteiger partial charge in [-0.25, -0.2) is 0 Å². The highest BCUT2D eigenvalue weighted by molar-refractivity contribution is 5.56. The second-order valence-corrected chi connectivity index (χ2v) is 9.58. The number of hydrogen-bond acceptors (Lipinski definition) is 3. The van der Waals surface area contributed by atoms with Gasteiger partial charge in [0.05, 0.1) is 7.11 Å². The zero-order chi connectivity index (χ0) is 26.0. The number of rotatable bonds is 18. The van der Waals surface area contributed by atoms with Crippen molar-refractivity contribution in [2.75, 3.05) is 7.11 Å². The number of nitrogens with one attached hydrogen (secondary N) is 1. The van der Waals surface area contributed by atoms with Crippen molar-refractivity contribution in [3.05, 3.63) is 73.9 Å². The molecule has 198 valence electrons. The smallest absolute Gasteiger partial charge is 0.274 e. The summed E-state index contributed by atoms with van der Waals surface area (Å²) in [5, 5.41) is 0.653. The Bertz CT molecular complexity index is 1140. The lowest BCUT2D eigenvalue weighted by Gasteiger charge is -2.06. The van der Waals surface area contributed by atoms with E-state index in [1.165, 1.54) is 75.2 Å². The standard InChI is InChI=1S/C31H46N2O3/c1-4-6-7-8-9-10-11-12-13-14-15-16-17-18-22-27-31(35)33(24-5-2)28(30(34)32-27)25-26-21-19-20-23-29(26)36-3/h5,19-23,25H,2,4,6-18,24H2,1,3H3,(H,32,34)/b27-22-,28-25-. The van der Waals surface area contributed by atoms with Gasteiger partial charge in [0.2, 0.25) is 0 Å². The number of aromatic nitrogens is 2. The Balaban J connectivity index is 1.89. The first kappa shape index (κ1) is 29.4. The van der Waals surface area contributed by atoms with Crippen molar-refractivity contribution in [1.29, 1.82) is 0 Å². The van der Waals surface area contributed by atoms with E-state index in [1.807, 2.05) is 30.3 Å². The first-order chi connectivity index (χ1) is 17.6. The van der Waals surface area contributed by atoms with E-state index in [9.17, 15) is 9.59 Å². The summed E-state index contributed by atoms with van der Waals surface area (Å²) in [4.78, 5) is 28.8. The lowest BCUT2D eigenvalue weighted by Crippen LogP contribution is -2.53. The summed E-state index contributed by atoms with van der Waals surface area (Å²) in [5.41, 5.74) is 0.246. The fourth-order valence-corrected chi connectivity index (χ4v) is 4.55. The number of hydrogen-bond donors (Lipinski definition) is 1. The van der Waals surface area contributed by atoms with Crippen LogP contribution in [0.1, 0.15) is 102 Å². The molecule has 0 bridgehead atoms. The molecule has 0 fully saturated rings. The predicted octanol–water partition coefficient (Wildman–Crippen LogP) is 5.82. The lowest BCUT2D eigenvalue weighted by atomic mass is 10.0. The molecule has 0 aliphatic rings. The molecule has 0 saturated carbocycles. The number of aromatic amines is 1. The van der Waals surface area contributed by atoms with Gasteiger partial charge >= 0.3 is 0 Å². The minimum absolute atomic E-state index is 0.203. The number of nitrogens with zero attached hydrogens (tertiary/aromatic N) is 1. The molecule has 2 rings (SSSR count). The summed E-state index contributed by atoms with van der Waals surface area (Å²) in [7, 11) is 1.59. The van der Waals surface area contributed by atoms with Gasteiger partial charge < -0.3 is 9.72 Å². The Labute approximate surface area is 216 Å². The maximum absolute atomic E-state index is 13.1. The van der Waals surface area contributed by atoms with Gasteiger partial charge in [-0.2, -0.15) is 0 Å². The summed E-state index contributed by atoms with van der Waals surface area (Å²) in [6.45, 7) is 6.29. The van der Waals surface area contributed by atoms with Gasteiger partial charge in [0.1, 0.15) is 16.4 Å². The van der Waals surface area contributed by atoms with E-state index in [2.05, 4.69) is 18.5 Å². The Hall–Kier alpha value is -2.82. The quantitative estimate of drug-likeness (QED) is 0.210. The topological polar surface area (TPSA) is 64.1 Å². The molecule has 1 aromatic carbocycles. The van der Waals surface area contributed by atoms with E-state index in [0.29, 0.717) is 16.4 Å². The third-order valence-electron chi connectivity index (χ3n) is 6.65. The van der Waals surface area contributed by atoms with Gasteiger partial charge in [-0.1, -0.05) is 114 Å².